The van der Waals surface area contributed by atoms with Gasteiger partial charge in [0.05, 0.1) is 20.4 Å². The Hall–Kier alpha value is -2.21. The average Bonchev–Trinajstić information content (AvgIpc) is 2.93. The Bertz CT molecular complexity index is 501. The summed E-state index contributed by atoms with van der Waals surface area (Å²) in [5.74, 6) is 0.822. The lowest BCUT2D eigenvalue weighted by molar-refractivity contribution is 0.339. The molecule has 0 aliphatic carbocycles. The molecule has 2 aromatic rings. The first-order chi connectivity index (χ1) is 9.24. The molecular formula is C13H17N3O3. The van der Waals surface area contributed by atoms with Gasteiger partial charge in [-0.2, -0.15) is 5.10 Å². The second kappa shape index (κ2) is 6.10. The van der Waals surface area contributed by atoms with Crippen LogP contribution in [-0.2, 0) is 13.1 Å². The first-order valence-electron chi connectivity index (χ1n) is 5.87. The second-order valence-electron chi connectivity index (χ2n) is 4.06. The molecule has 2 rings (SSSR count). The number of ether oxygens (including phenoxy) is 2. The summed E-state index contributed by atoms with van der Waals surface area (Å²) in [7, 11) is 3.02. The minimum atomic E-state index is 0.0172. The van der Waals surface area contributed by atoms with Crippen LogP contribution in [0.2, 0.25) is 0 Å². The number of H-pyrrole nitrogens is 1. The summed E-state index contributed by atoms with van der Waals surface area (Å²) >= 11 is 0. The van der Waals surface area contributed by atoms with Gasteiger partial charge in [0.15, 0.2) is 11.5 Å². The lowest BCUT2D eigenvalue weighted by atomic mass is 10.1. The summed E-state index contributed by atoms with van der Waals surface area (Å²) in [4.78, 5) is 0. The van der Waals surface area contributed by atoms with Gasteiger partial charge >= 0.3 is 0 Å². The number of aromatic nitrogens is 2. The Morgan fingerprint density at radius 2 is 1.79 bits per heavy atom. The Kier molecular flexibility index (Phi) is 4.25. The van der Waals surface area contributed by atoms with Gasteiger partial charge in [0.2, 0.25) is 5.75 Å². The van der Waals surface area contributed by atoms with Crippen LogP contribution in [0, 0.1) is 0 Å². The summed E-state index contributed by atoms with van der Waals surface area (Å²) in [5.41, 5.74) is 2.05. The van der Waals surface area contributed by atoms with Gasteiger partial charge in [-0.15, -0.1) is 0 Å². The molecule has 1 aromatic carbocycles. The fraction of sp³-hybridized carbons (Fsp3) is 0.308. The van der Waals surface area contributed by atoms with Crippen molar-refractivity contribution in [1.82, 2.24) is 15.5 Å². The highest BCUT2D eigenvalue weighted by Crippen LogP contribution is 2.36. The van der Waals surface area contributed by atoms with E-state index < -0.39 is 0 Å². The number of phenolic OH excluding ortho intramolecular Hbond substituents is 1. The third kappa shape index (κ3) is 3.17. The molecule has 102 valence electrons. The van der Waals surface area contributed by atoms with Crippen molar-refractivity contribution in [3.05, 3.63) is 35.7 Å². The largest absolute Gasteiger partial charge is 0.502 e. The standard InChI is InChI=1S/C13H17N3O3/c1-18-11-3-9(4-12(19-2)13(11)17)5-14-6-10-7-15-16-8-10/h3-4,7-8,14,17H,5-6H2,1-2H3,(H,15,16). The van der Waals surface area contributed by atoms with Crippen molar-refractivity contribution in [2.45, 2.75) is 13.1 Å². The molecule has 19 heavy (non-hydrogen) atoms. The summed E-state index contributed by atoms with van der Waals surface area (Å²) < 4.78 is 10.2. The highest BCUT2D eigenvalue weighted by Gasteiger charge is 2.10. The molecule has 6 heteroatoms. The van der Waals surface area contributed by atoms with Gasteiger partial charge in [-0.1, -0.05) is 0 Å². The van der Waals surface area contributed by atoms with E-state index in [0.717, 1.165) is 11.1 Å². The number of hydrogen-bond acceptors (Lipinski definition) is 5. The molecule has 1 aromatic heterocycles. The highest BCUT2D eigenvalue weighted by molar-refractivity contribution is 5.52. The van der Waals surface area contributed by atoms with E-state index in [1.165, 1.54) is 14.2 Å². The normalized spacial score (nSPS) is 10.4. The number of aromatic hydroxyl groups is 1. The molecule has 6 nitrogen and oxygen atoms in total. The van der Waals surface area contributed by atoms with Crippen LogP contribution in [0.5, 0.6) is 17.2 Å². The van der Waals surface area contributed by atoms with Crippen molar-refractivity contribution in [3.63, 3.8) is 0 Å². The fourth-order valence-electron chi connectivity index (χ4n) is 1.78. The molecule has 3 N–H and O–H groups in total. The van der Waals surface area contributed by atoms with Crippen LogP contribution in [0.3, 0.4) is 0 Å². The topological polar surface area (TPSA) is 79.4 Å². The first-order valence-corrected chi connectivity index (χ1v) is 5.87. The van der Waals surface area contributed by atoms with Gasteiger partial charge in [0, 0.05) is 24.8 Å². The van der Waals surface area contributed by atoms with Crippen molar-refractivity contribution in [2.75, 3.05) is 14.2 Å². The molecule has 0 aliphatic rings. The monoisotopic (exact) mass is 263 g/mol. The van der Waals surface area contributed by atoms with Crippen molar-refractivity contribution < 1.29 is 14.6 Å². The van der Waals surface area contributed by atoms with Crippen LogP contribution in [0.25, 0.3) is 0 Å². The molecular weight excluding hydrogens is 246 g/mol. The van der Waals surface area contributed by atoms with Gasteiger partial charge in [-0.3, -0.25) is 5.10 Å². The summed E-state index contributed by atoms with van der Waals surface area (Å²) in [6.07, 6.45) is 3.61. The maximum atomic E-state index is 9.81. The number of aromatic amines is 1. The second-order valence-corrected chi connectivity index (χ2v) is 4.06. The van der Waals surface area contributed by atoms with Gasteiger partial charge in [0.1, 0.15) is 0 Å². The number of rotatable bonds is 6. The molecule has 0 unspecified atom stereocenters. The highest BCUT2D eigenvalue weighted by atomic mass is 16.5. The summed E-state index contributed by atoms with van der Waals surface area (Å²) in [6, 6.07) is 3.56. The van der Waals surface area contributed by atoms with E-state index in [1.807, 2.05) is 6.20 Å². The quantitative estimate of drug-likeness (QED) is 0.734. The Morgan fingerprint density at radius 3 is 2.32 bits per heavy atom. The number of hydrogen-bond donors (Lipinski definition) is 3. The smallest absolute Gasteiger partial charge is 0.200 e. The SMILES string of the molecule is COc1cc(CNCc2cn[nH]c2)cc(OC)c1O. The molecule has 0 aliphatic heterocycles. The predicted molar refractivity (Wildman–Crippen MR) is 70.3 cm³/mol. The van der Waals surface area contributed by atoms with Crippen molar-refractivity contribution >= 4 is 0 Å². The number of phenols is 1. The van der Waals surface area contributed by atoms with Crippen LogP contribution in [0.4, 0.5) is 0 Å². The van der Waals surface area contributed by atoms with Crippen LogP contribution in [-0.4, -0.2) is 29.5 Å². The van der Waals surface area contributed by atoms with Crippen LogP contribution >= 0.6 is 0 Å². The van der Waals surface area contributed by atoms with Crippen LogP contribution in [0.15, 0.2) is 24.5 Å². The third-order valence-electron chi connectivity index (χ3n) is 2.75. The molecule has 0 radical (unpaired) electrons. The van der Waals surface area contributed by atoms with E-state index in [2.05, 4.69) is 15.5 Å². The Labute approximate surface area is 111 Å². The zero-order valence-corrected chi connectivity index (χ0v) is 10.9. The van der Waals surface area contributed by atoms with Gasteiger partial charge in [-0.05, 0) is 17.7 Å². The Morgan fingerprint density at radius 1 is 1.16 bits per heavy atom. The van der Waals surface area contributed by atoms with Crippen molar-refractivity contribution in [3.8, 4) is 17.2 Å². The zero-order valence-electron chi connectivity index (χ0n) is 10.9. The van der Waals surface area contributed by atoms with Gasteiger partial charge in [0.25, 0.3) is 0 Å². The van der Waals surface area contributed by atoms with E-state index in [1.54, 1.807) is 18.3 Å². The average molecular weight is 263 g/mol. The van der Waals surface area contributed by atoms with Gasteiger partial charge in [-0.25, -0.2) is 0 Å². The number of nitrogens with one attached hydrogen (secondary N) is 2. The minimum Gasteiger partial charge on any atom is -0.502 e. The first kappa shape index (κ1) is 13.2. The number of benzene rings is 1. The molecule has 0 bridgehead atoms. The van der Waals surface area contributed by atoms with Crippen molar-refractivity contribution in [1.29, 1.82) is 0 Å². The molecule has 0 spiro atoms. The zero-order chi connectivity index (χ0) is 13.7. The Balaban J connectivity index is 2.03. The predicted octanol–water partition coefficient (Wildman–Crippen LogP) is 1.42. The summed E-state index contributed by atoms with van der Waals surface area (Å²) in [6.45, 7) is 1.35. The fourth-order valence-corrected chi connectivity index (χ4v) is 1.78. The molecule has 0 saturated heterocycles. The third-order valence-corrected chi connectivity index (χ3v) is 2.75. The molecule has 0 fully saturated rings. The van der Waals surface area contributed by atoms with E-state index >= 15 is 0 Å². The van der Waals surface area contributed by atoms with Gasteiger partial charge < -0.3 is 19.9 Å². The van der Waals surface area contributed by atoms with Crippen molar-refractivity contribution in [2.24, 2.45) is 0 Å². The molecule has 0 amide bonds. The molecule has 0 atom stereocenters. The molecule has 1 heterocycles. The maximum absolute atomic E-state index is 9.81. The maximum Gasteiger partial charge on any atom is 0.200 e. The van der Waals surface area contributed by atoms with E-state index in [4.69, 9.17) is 9.47 Å². The van der Waals surface area contributed by atoms with E-state index in [-0.39, 0.29) is 5.75 Å². The lowest BCUT2D eigenvalue weighted by Gasteiger charge is -2.11. The van der Waals surface area contributed by atoms with Crippen LogP contribution in [0.1, 0.15) is 11.1 Å². The summed E-state index contributed by atoms with van der Waals surface area (Å²) in [5, 5.41) is 19.7. The van der Waals surface area contributed by atoms with E-state index in [9.17, 15) is 5.11 Å². The van der Waals surface area contributed by atoms with Crippen LogP contribution < -0.4 is 14.8 Å². The molecule has 0 saturated carbocycles. The number of nitrogens with zero attached hydrogens (tertiary/aromatic N) is 1. The minimum absolute atomic E-state index is 0.0172. The number of methoxy groups -OCH3 is 2. The lowest BCUT2D eigenvalue weighted by Crippen LogP contribution is -2.12. The van der Waals surface area contributed by atoms with E-state index in [0.29, 0.717) is 24.6 Å².